The number of halogens is 1. The van der Waals surface area contributed by atoms with Crippen molar-refractivity contribution in [2.45, 2.75) is 19.3 Å². The first kappa shape index (κ1) is 14.2. The fourth-order valence-corrected chi connectivity index (χ4v) is 2.56. The standard InChI is InChI=1S/C13H14N.ClHO4/c1-14-9-10-5-4-7-11(10)12-6-2-3-8-13(12)14;2-1(3,4)5/h2-3,6,8-9H,4-5,7H2,1H3;(H,2,3,4,5)/q+1;/p-1. The molecule has 1 aromatic heterocycles. The van der Waals surface area contributed by atoms with Gasteiger partial charge in [-0.2, -0.15) is 0 Å². The fourth-order valence-electron chi connectivity index (χ4n) is 2.56. The number of benzene rings is 1. The van der Waals surface area contributed by atoms with E-state index in [1.54, 1.807) is 11.1 Å². The molecule has 0 bridgehead atoms. The van der Waals surface area contributed by atoms with Crippen LogP contribution in [0, 0.1) is 10.2 Å². The molecule has 1 heterocycles. The summed E-state index contributed by atoms with van der Waals surface area (Å²) in [4.78, 5) is 0. The van der Waals surface area contributed by atoms with Gasteiger partial charge in [-0.3, -0.25) is 0 Å². The molecule has 19 heavy (non-hydrogen) atoms. The van der Waals surface area contributed by atoms with Crippen LogP contribution in [0.1, 0.15) is 17.5 Å². The third-order valence-electron chi connectivity index (χ3n) is 3.22. The summed E-state index contributed by atoms with van der Waals surface area (Å²) in [6.07, 6.45) is 6.14. The third kappa shape index (κ3) is 3.62. The van der Waals surface area contributed by atoms with E-state index in [2.05, 4.69) is 42.1 Å². The second-order valence-corrected chi connectivity index (χ2v) is 5.25. The third-order valence-corrected chi connectivity index (χ3v) is 3.22. The summed E-state index contributed by atoms with van der Waals surface area (Å²) < 4.78 is 36.2. The molecule has 0 fully saturated rings. The van der Waals surface area contributed by atoms with Crippen LogP contribution in [0.5, 0.6) is 0 Å². The topological polar surface area (TPSA) is 96.1 Å². The molecule has 1 aliphatic carbocycles. The molecule has 0 radical (unpaired) electrons. The van der Waals surface area contributed by atoms with Crippen molar-refractivity contribution in [3.63, 3.8) is 0 Å². The van der Waals surface area contributed by atoms with Crippen LogP contribution in [0.3, 0.4) is 0 Å². The highest BCUT2D eigenvalue weighted by Crippen LogP contribution is 2.26. The summed E-state index contributed by atoms with van der Waals surface area (Å²) in [6.45, 7) is 0. The Morgan fingerprint density at radius 3 is 2.37 bits per heavy atom. The van der Waals surface area contributed by atoms with Gasteiger partial charge in [-0.1, -0.05) is 12.1 Å². The Bertz CT molecular complexity index is 589. The molecule has 6 heteroatoms. The Balaban J connectivity index is 0.000000232. The van der Waals surface area contributed by atoms with Crippen LogP contribution in [0.4, 0.5) is 0 Å². The highest BCUT2D eigenvalue weighted by Gasteiger charge is 2.19. The molecule has 0 amide bonds. The Labute approximate surface area is 113 Å². The van der Waals surface area contributed by atoms with Crippen LogP contribution >= 0.6 is 0 Å². The minimum absolute atomic E-state index is 1.26. The highest BCUT2D eigenvalue weighted by molar-refractivity contribution is 5.80. The predicted molar refractivity (Wildman–Crippen MR) is 57.1 cm³/mol. The molecule has 2 aromatic rings. The van der Waals surface area contributed by atoms with Crippen LogP contribution in [-0.2, 0) is 19.9 Å². The number of fused-ring (bicyclic) bond motifs is 3. The minimum atomic E-state index is -4.94. The van der Waals surface area contributed by atoms with E-state index in [9.17, 15) is 0 Å². The lowest BCUT2D eigenvalue weighted by Gasteiger charge is -2.17. The van der Waals surface area contributed by atoms with E-state index in [1.807, 2.05) is 0 Å². The molecule has 0 N–H and O–H groups in total. The molecular weight excluding hydrogens is 270 g/mol. The van der Waals surface area contributed by atoms with Gasteiger partial charge in [-0.15, -0.1) is 10.2 Å². The number of rotatable bonds is 0. The van der Waals surface area contributed by atoms with E-state index in [-0.39, 0.29) is 0 Å². The average molecular weight is 284 g/mol. The van der Waals surface area contributed by atoms with Crippen molar-refractivity contribution in [2.24, 2.45) is 7.05 Å². The lowest BCUT2D eigenvalue weighted by atomic mass is 10.1. The quantitative estimate of drug-likeness (QED) is 0.495. The monoisotopic (exact) mass is 283 g/mol. The zero-order valence-electron chi connectivity index (χ0n) is 10.5. The first-order valence-electron chi connectivity index (χ1n) is 5.87. The van der Waals surface area contributed by atoms with Gasteiger partial charge in [0.25, 0.3) is 0 Å². The zero-order valence-corrected chi connectivity index (χ0v) is 11.2. The molecule has 0 aliphatic heterocycles. The number of aromatic nitrogens is 1. The molecule has 1 aromatic carbocycles. The maximum absolute atomic E-state index is 8.49. The van der Waals surface area contributed by atoms with Crippen molar-refractivity contribution < 1.29 is 33.4 Å². The normalized spacial score (nSPS) is 13.9. The Morgan fingerprint density at radius 2 is 1.68 bits per heavy atom. The van der Waals surface area contributed by atoms with Gasteiger partial charge in [-0.05, 0) is 30.9 Å². The van der Waals surface area contributed by atoms with Crippen molar-refractivity contribution in [1.29, 1.82) is 0 Å². The lowest BCUT2D eigenvalue weighted by Crippen LogP contribution is -2.68. The Hall–Kier alpha value is -1.24. The summed E-state index contributed by atoms with van der Waals surface area (Å²) in [6, 6.07) is 8.71. The fraction of sp³-hybridized carbons (Fsp3) is 0.308. The van der Waals surface area contributed by atoms with E-state index < -0.39 is 10.2 Å². The van der Waals surface area contributed by atoms with Crippen molar-refractivity contribution in [3.8, 4) is 0 Å². The van der Waals surface area contributed by atoms with Crippen molar-refractivity contribution in [2.75, 3.05) is 0 Å². The minimum Gasteiger partial charge on any atom is -0.222 e. The predicted octanol–water partition coefficient (Wildman–Crippen LogP) is -2.60. The van der Waals surface area contributed by atoms with Crippen molar-refractivity contribution >= 4 is 10.9 Å². The molecular formula is C13H14ClNO4. The summed E-state index contributed by atoms with van der Waals surface area (Å²) in [5.74, 6) is 0. The molecule has 0 saturated carbocycles. The lowest BCUT2D eigenvalue weighted by molar-refractivity contribution is -2.00. The van der Waals surface area contributed by atoms with Gasteiger partial charge in [0, 0.05) is 17.0 Å². The molecule has 0 saturated heterocycles. The van der Waals surface area contributed by atoms with Gasteiger partial charge in [0.2, 0.25) is 5.52 Å². The Morgan fingerprint density at radius 1 is 1.05 bits per heavy atom. The number of para-hydroxylation sites is 1. The summed E-state index contributed by atoms with van der Waals surface area (Å²) in [5.41, 5.74) is 4.48. The maximum atomic E-state index is 8.49. The van der Waals surface area contributed by atoms with Gasteiger partial charge in [0.05, 0.1) is 0 Å². The van der Waals surface area contributed by atoms with Gasteiger partial charge in [-0.25, -0.2) is 23.2 Å². The maximum Gasteiger partial charge on any atom is 0.212 e. The zero-order chi connectivity index (χ0) is 14.0. The van der Waals surface area contributed by atoms with E-state index in [0.29, 0.717) is 0 Å². The van der Waals surface area contributed by atoms with Gasteiger partial charge in [0.1, 0.15) is 7.05 Å². The van der Waals surface area contributed by atoms with Crippen molar-refractivity contribution in [3.05, 3.63) is 41.6 Å². The average Bonchev–Trinajstić information content (AvgIpc) is 2.75. The second kappa shape index (κ2) is 5.40. The summed E-state index contributed by atoms with van der Waals surface area (Å²) in [5, 5.41) is 1.45. The molecule has 0 unspecified atom stereocenters. The molecule has 5 nitrogen and oxygen atoms in total. The van der Waals surface area contributed by atoms with Crippen molar-refractivity contribution in [1.82, 2.24) is 0 Å². The highest BCUT2D eigenvalue weighted by atomic mass is 35.7. The van der Waals surface area contributed by atoms with Gasteiger partial charge in [0.15, 0.2) is 6.20 Å². The number of aryl methyl sites for hydroxylation is 3. The Kier molecular flexibility index (Phi) is 4.03. The van der Waals surface area contributed by atoms with E-state index >= 15 is 0 Å². The number of nitrogens with zero attached hydrogens (tertiary/aromatic N) is 1. The second-order valence-electron chi connectivity index (χ2n) is 4.49. The van der Waals surface area contributed by atoms with Gasteiger partial charge < -0.3 is 0 Å². The summed E-state index contributed by atoms with van der Waals surface area (Å²) >= 11 is 0. The van der Waals surface area contributed by atoms with Crippen LogP contribution < -0.4 is 23.2 Å². The number of hydrogen-bond donors (Lipinski definition) is 0. The number of pyridine rings is 1. The molecule has 0 spiro atoms. The van der Waals surface area contributed by atoms with Crippen LogP contribution in [0.2, 0.25) is 0 Å². The van der Waals surface area contributed by atoms with Crippen LogP contribution in [0.25, 0.3) is 10.9 Å². The number of hydrogen-bond acceptors (Lipinski definition) is 4. The van der Waals surface area contributed by atoms with E-state index in [0.717, 1.165) is 0 Å². The summed E-state index contributed by atoms with van der Waals surface area (Å²) in [7, 11) is -2.80. The SMILES string of the molecule is C[n+]1cc2c(c3ccccc31)CCC2.[O-][Cl+3]([O-])([O-])[O-]. The van der Waals surface area contributed by atoms with Crippen LogP contribution in [0.15, 0.2) is 30.5 Å². The van der Waals surface area contributed by atoms with E-state index in [1.165, 1.54) is 30.2 Å². The smallest absolute Gasteiger partial charge is 0.212 e. The largest absolute Gasteiger partial charge is 0.222 e. The molecule has 102 valence electrons. The molecule has 0 atom stereocenters. The van der Waals surface area contributed by atoms with E-state index in [4.69, 9.17) is 18.6 Å². The molecule has 3 rings (SSSR count). The van der Waals surface area contributed by atoms with Gasteiger partial charge >= 0.3 is 0 Å². The molecule has 1 aliphatic rings. The van der Waals surface area contributed by atoms with Crippen LogP contribution in [-0.4, -0.2) is 0 Å². The first-order valence-corrected chi connectivity index (χ1v) is 7.10. The first-order chi connectivity index (χ1) is 8.86.